The lowest BCUT2D eigenvalue weighted by Gasteiger charge is -2.33. The second-order valence-electron chi connectivity index (χ2n) is 5.38. The fraction of sp³-hybridized carbons (Fsp3) is 0.833. The van der Waals surface area contributed by atoms with Crippen molar-refractivity contribution in [3.8, 4) is 0 Å². The maximum Gasteiger partial charge on any atom is 0.230 e. The lowest BCUT2D eigenvalue weighted by molar-refractivity contribution is 0.0226. The van der Waals surface area contributed by atoms with E-state index in [1.807, 2.05) is 0 Å². The van der Waals surface area contributed by atoms with Crippen LogP contribution >= 0.6 is 0 Å². The lowest BCUT2D eigenvalue weighted by Crippen LogP contribution is -2.42. The molecule has 1 aliphatic carbocycles. The average molecular weight is 237 g/mol. The summed E-state index contributed by atoms with van der Waals surface area (Å²) in [7, 11) is 0. The molecular weight excluding hydrogens is 218 g/mol. The van der Waals surface area contributed by atoms with Crippen LogP contribution in [0.3, 0.4) is 0 Å². The summed E-state index contributed by atoms with van der Waals surface area (Å²) in [5.41, 5.74) is 0. The third kappa shape index (κ3) is 2.50. The van der Waals surface area contributed by atoms with E-state index >= 15 is 0 Å². The van der Waals surface area contributed by atoms with Gasteiger partial charge in [0.1, 0.15) is 0 Å². The molecule has 0 bridgehead atoms. The van der Waals surface area contributed by atoms with Gasteiger partial charge in [-0.05, 0) is 31.7 Å². The molecule has 5 heteroatoms. The Morgan fingerprint density at radius 2 is 2.18 bits per heavy atom. The molecule has 2 fully saturated rings. The second kappa shape index (κ2) is 4.38. The maximum absolute atomic E-state index is 9.82. The van der Waals surface area contributed by atoms with Crippen LogP contribution in [0.1, 0.15) is 43.9 Å². The molecule has 5 nitrogen and oxygen atoms in total. The summed E-state index contributed by atoms with van der Waals surface area (Å²) in [5, 5.41) is 18.0. The van der Waals surface area contributed by atoms with Gasteiger partial charge < -0.3 is 9.52 Å². The largest absolute Gasteiger partial charge is 0.424 e. The zero-order valence-corrected chi connectivity index (χ0v) is 10.2. The first-order valence-corrected chi connectivity index (χ1v) is 6.45. The number of aliphatic hydroxyl groups is 1. The number of hydrogen-bond donors (Lipinski definition) is 1. The van der Waals surface area contributed by atoms with Crippen LogP contribution in [0.15, 0.2) is 4.42 Å². The van der Waals surface area contributed by atoms with Gasteiger partial charge in [0.15, 0.2) is 0 Å². The Balaban J connectivity index is 1.58. The van der Waals surface area contributed by atoms with Crippen molar-refractivity contribution in [3.63, 3.8) is 0 Å². The van der Waals surface area contributed by atoms with Gasteiger partial charge in [-0.15, -0.1) is 10.2 Å². The molecule has 17 heavy (non-hydrogen) atoms. The number of likely N-dealkylation sites (tertiary alicyclic amines) is 1. The third-order valence-corrected chi connectivity index (χ3v) is 3.77. The molecule has 2 heterocycles. The van der Waals surface area contributed by atoms with E-state index < -0.39 is 0 Å². The highest BCUT2D eigenvalue weighted by Gasteiger charge is 2.30. The topological polar surface area (TPSA) is 62.4 Å². The fourth-order valence-electron chi connectivity index (χ4n) is 2.28. The molecule has 1 aliphatic heterocycles. The zero-order valence-electron chi connectivity index (χ0n) is 10.2. The minimum Gasteiger partial charge on any atom is -0.424 e. The van der Waals surface area contributed by atoms with E-state index in [9.17, 15) is 5.11 Å². The quantitative estimate of drug-likeness (QED) is 0.854. The van der Waals surface area contributed by atoms with E-state index in [0.717, 1.165) is 18.9 Å². The lowest BCUT2D eigenvalue weighted by atomic mass is 9.96. The van der Waals surface area contributed by atoms with Gasteiger partial charge in [0.2, 0.25) is 11.8 Å². The average Bonchev–Trinajstić information content (AvgIpc) is 3.06. The van der Waals surface area contributed by atoms with Crippen LogP contribution in [0.5, 0.6) is 0 Å². The first kappa shape index (κ1) is 11.2. The summed E-state index contributed by atoms with van der Waals surface area (Å²) >= 11 is 0. The maximum atomic E-state index is 9.82. The van der Waals surface area contributed by atoms with Crippen LogP contribution in [0, 0.1) is 5.92 Å². The van der Waals surface area contributed by atoms with Gasteiger partial charge in [-0.3, -0.25) is 4.90 Å². The smallest absolute Gasteiger partial charge is 0.230 e. The van der Waals surface area contributed by atoms with Gasteiger partial charge in [0.05, 0.1) is 12.6 Å². The molecule has 1 N–H and O–H groups in total. The van der Waals surface area contributed by atoms with E-state index in [0.29, 0.717) is 30.8 Å². The van der Waals surface area contributed by atoms with Crippen molar-refractivity contribution in [1.82, 2.24) is 15.1 Å². The Hall–Kier alpha value is -0.940. The Labute approximate surface area is 101 Å². The van der Waals surface area contributed by atoms with Crippen molar-refractivity contribution < 1.29 is 9.52 Å². The van der Waals surface area contributed by atoms with Gasteiger partial charge in [0.25, 0.3) is 0 Å². The molecular formula is C12H19N3O2. The van der Waals surface area contributed by atoms with Crippen LogP contribution in [-0.4, -0.2) is 39.4 Å². The summed E-state index contributed by atoms with van der Waals surface area (Å²) in [5.74, 6) is 2.40. The monoisotopic (exact) mass is 237 g/mol. The van der Waals surface area contributed by atoms with E-state index in [1.165, 1.54) is 12.8 Å². The van der Waals surface area contributed by atoms with E-state index in [-0.39, 0.29) is 6.10 Å². The molecule has 1 aromatic heterocycles. The highest BCUT2D eigenvalue weighted by molar-refractivity contribution is 5.00. The van der Waals surface area contributed by atoms with Crippen molar-refractivity contribution in [2.75, 3.05) is 13.1 Å². The Bertz CT molecular complexity index is 389. The number of aliphatic hydroxyl groups excluding tert-OH is 1. The molecule has 3 rings (SSSR count). The molecule has 0 amide bonds. The van der Waals surface area contributed by atoms with Crippen molar-refractivity contribution in [2.45, 2.75) is 44.8 Å². The van der Waals surface area contributed by atoms with Gasteiger partial charge in [-0.2, -0.15) is 0 Å². The van der Waals surface area contributed by atoms with Crippen LogP contribution in [-0.2, 0) is 6.54 Å². The number of β-amino-alcohol motifs (C(OH)–C–C–N with tert-alkyl or cyclic N) is 1. The molecule has 1 aromatic rings. The van der Waals surface area contributed by atoms with Gasteiger partial charge in [0, 0.05) is 12.5 Å². The van der Waals surface area contributed by atoms with E-state index in [1.54, 1.807) is 0 Å². The first-order chi connectivity index (χ1) is 8.22. The zero-order chi connectivity index (χ0) is 11.8. The predicted octanol–water partition coefficient (Wildman–Crippen LogP) is 1.15. The molecule has 1 saturated heterocycles. The fourth-order valence-corrected chi connectivity index (χ4v) is 2.28. The molecule has 0 radical (unpaired) electrons. The predicted molar refractivity (Wildman–Crippen MR) is 61.3 cm³/mol. The number of aromatic nitrogens is 2. The number of rotatable bonds is 3. The molecule has 0 aromatic carbocycles. The minimum absolute atomic E-state index is 0.227. The first-order valence-electron chi connectivity index (χ1n) is 6.45. The summed E-state index contributed by atoms with van der Waals surface area (Å²) < 4.78 is 5.63. The second-order valence-corrected chi connectivity index (χ2v) is 5.38. The van der Waals surface area contributed by atoms with Crippen molar-refractivity contribution in [2.24, 2.45) is 5.92 Å². The molecule has 2 unspecified atom stereocenters. The summed E-state index contributed by atoms with van der Waals surface area (Å²) in [4.78, 5) is 2.19. The van der Waals surface area contributed by atoms with Crippen LogP contribution in [0.25, 0.3) is 0 Å². The third-order valence-electron chi connectivity index (χ3n) is 3.77. The van der Waals surface area contributed by atoms with Crippen LogP contribution in [0.4, 0.5) is 0 Å². The Morgan fingerprint density at radius 1 is 1.35 bits per heavy atom. The van der Waals surface area contributed by atoms with Gasteiger partial charge in [-0.25, -0.2) is 0 Å². The van der Waals surface area contributed by atoms with Crippen LogP contribution in [0.2, 0.25) is 0 Å². The highest BCUT2D eigenvalue weighted by atomic mass is 16.4. The number of nitrogens with zero attached hydrogens (tertiary/aromatic N) is 3. The Morgan fingerprint density at radius 3 is 2.88 bits per heavy atom. The molecule has 2 aliphatic rings. The van der Waals surface area contributed by atoms with E-state index in [2.05, 4.69) is 22.0 Å². The standard InChI is InChI=1S/C12H19N3O2/c1-8-4-5-15(6-10(8)16)7-11-13-14-12(17-11)9-2-3-9/h8-10,16H,2-7H2,1H3. The van der Waals surface area contributed by atoms with Gasteiger partial charge >= 0.3 is 0 Å². The number of hydrogen-bond acceptors (Lipinski definition) is 5. The molecule has 2 atom stereocenters. The summed E-state index contributed by atoms with van der Waals surface area (Å²) in [6.45, 7) is 4.48. The van der Waals surface area contributed by atoms with Gasteiger partial charge in [-0.1, -0.05) is 6.92 Å². The summed E-state index contributed by atoms with van der Waals surface area (Å²) in [6.07, 6.45) is 3.17. The Kier molecular flexibility index (Phi) is 2.88. The van der Waals surface area contributed by atoms with Crippen molar-refractivity contribution in [3.05, 3.63) is 11.8 Å². The van der Waals surface area contributed by atoms with Crippen LogP contribution < -0.4 is 0 Å². The minimum atomic E-state index is -0.227. The normalized spacial score (nSPS) is 30.7. The molecule has 0 spiro atoms. The SMILES string of the molecule is CC1CCN(Cc2nnc(C3CC3)o2)CC1O. The van der Waals surface area contributed by atoms with Crippen molar-refractivity contribution in [1.29, 1.82) is 0 Å². The van der Waals surface area contributed by atoms with Crippen molar-refractivity contribution >= 4 is 0 Å². The highest BCUT2D eigenvalue weighted by Crippen LogP contribution is 2.39. The molecule has 94 valence electrons. The van der Waals surface area contributed by atoms with E-state index in [4.69, 9.17) is 4.42 Å². The molecule has 1 saturated carbocycles. The number of piperidine rings is 1. The summed E-state index contributed by atoms with van der Waals surface area (Å²) in [6, 6.07) is 0.